The lowest BCUT2D eigenvalue weighted by molar-refractivity contribution is -0.125. The number of rotatable bonds is 7. The van der Waals surface area contributed by atoms with E-state index in [2.05, 4.69) is 15.5 Å². The molecular weight excluding hydrogens is 345 g/mol. The van der Waals surface area contributed by atoms with Crippen LogP contribution in [0.5, 0.6) is 0 Å². The number of halogens is 1. The Morgan fingerprint density at radius 1 is 1.00 bits per heavy atom. The first kappa shape index (κ1) is 18.9. The maximum atomic E-state index is 13.0. The summed E-state index contributed by atoms with van der Waals surface area (Å²) in [6.07, 6.45) is 1.24. The summed E-state index contributed by atoms with van der Waals surface area (Å²) in [5.41, 5.74) is 1.92. The van der Waals surface area contributed by atoms with Crippen molar-refractivity contribution in [2.24, 2.45) is 5.92 Å². The molecule has 142 valence electrons. The number of carbonyl (C=O) groups excluding carboxylic acids is 2. The highest BCUT2D eigenvalue weighted by Crippen LogP contribution is 2.23. The quantitative estimate of drug-likeness (QED) is 0.786. The Labute approximate surface area is 158 Å². The highest BCUT2D eigenvalue weighted by Gasteiger charge is 2.23. The van der Waals surface area contributed by atoms with Gasteiger partial charge in [0, 0.05) is 25.3 Å². The minimum Gasteiger partial charge on any atom is -0.371 e. The average Bonchev–Trinajstić information content (AvgIpc) is 3.15. The molecule has 6 heteroatoms. The Morgan fingerprint density at radius 2 is 1.74 bits per heavy atom. The fourth-order valence-corrected chi connectivity index (χ4v) is 3.23. The minimum atomic E-state index is -0.240. The summed E-state index contributed by atoms with van der Waals surface area (Å²) in [5.74, 6) is -0.244. The zero-order valence-corrected chi connectivity index (χ0v) is 15.2. The Kier molecular flexibility index (Phi) is 6.41. The van der Waals surface area contributed by atoms with E-state index in [-0.39, 0.29) is 30.6 Å². The first-order chi connectivity index (χ1) is 13.1. The van der Waals surface area contributed by atoms with Crippen molar-refractivity contribution in [1.29, 1.82) is 0 Å². The summed E-state index contributed by atoms with van der Waals surface area (Å²) < 4.78 is 13.0. The minimum absolute atomic E-state index is 0.0138. The highest BCUT2D eigenvalue weighted by atomic mass is 19.1. The number of benzene rings is 2. The lowest BCUT2D eigenvalue weighted by Crippen LogP contribution is -2.39. The van der Waals surface area contributed by atoms with Gasteiger partial charge in [-0.2, -0.15) is 0 Å². The van der Waals surface area contributed by atoms with Gasteiger partial charge in [0.05, 0.1) is 13.0 Å². The van der Waals surface area contributed by atoms with E-state index in [1.807, 2.05) is 30.3 Å². The first-order valence-electron chi connectivity index (χ1n) is 9.18. The van der Waals surface area contributed by atoms with Gasteiger partial charge >= 0.3 is 0 Å². The molecule has 1 saturated heterocycles. The van der Waals surface area contributed by atoms with Crippen LogP contribution >= 0.6 is 0 Å². The van der Waals surface area contributed by atoms with Gasteiger partial charge in [-0.1, -0.05) is 30.3 Å². The van der Waals surface area contributed by atoms with Gasteiger partial charge in [0.2, 0.25) is 11.8 Å². The molecule has 1 heterocycles. The number of carbonyl (C=O) groups is 2. The third kappa shape index (κ3) is 5.81. The maximum Gasteiger partial charge on any atom is 0.239 e. The molecule has 0 aromatic heterocycles. The van der Waals surface area contributed by atoms with Crippen molar-refractivity contribution in [1.82, 2.24) is 10.6 Å². The van der Waals surface area contributed by atoms with Crippen LogP contribution in [-0.4, -0.2) is 38.0 Å². The van der Waals surface area contributed by atoms with Gasteiger partial charge in [0.15, 0.2) is 0 Å². The summed E-state index contributed by atoms with van der Waals surface area (Å²) in [4.78, 5) is 26.0. The number of amides is 2. The summed E-state index contributed by atoms with van der Waals surface area (Å²) in [6.45, 7) is 2.28. The summed E-state index contributed by atoms with van der Waals surface area (Å²) in [5, 5.41) is 5.53. The van der Waals surface area contributed by atoms with Gasteiger partial charge in [-0.25, -0.2) is 4.39 Å². The molecule has 2 aromatic rings. The lowest BCUT2D eigenvalue weighted by atomic mass is 10.1. The van der Waals surface area contributed by atoms with Crippen LogP contribution < -0.4 is 15.5 Å². The van der Waals surface area contributed by atoms with Gasteiger partial charge < -0.3 is 15.5 Å². The summed E-state index contributed by atoms with van der Waals surface area (Å²) >= 11 is 0. The van der Waals surface area contributed by atoms with Crippen LogP contribution in [0.15, 0.2) is 54.6 Å². The molecule has 2 amide bonds. The van der Waals surface area contributed by atoms with Crippen molar-refractivity contribution < 1.29 is 14.0 Å². The van der Waals surface area contributed by atoms with Crippen LogP contribution in [0, 0.1) is 11.7 Å². The predicted octanol–water partition coefficient (Wildman–Crippen LogP) is 2.13. The predicted molar refractivity (Wildman–Crippen MR) is 103 cm³/mol. The van der Waals surface area contributed by atoms with Crippen molar-refractivity contribution in [2.75, 3.05) is 31.1 Å². The second-order valence-corrected chi connectivity index (χ2v) is 6.82. The normalized spacial score (nSPS) is 16.2. The standard InChI is InChI=1S/C21H24FN3O2/c22-18-6-8-19(9-7-18)25-11-10-17(15-25)13-23-21(27)14-24-20(26)12-16-4-2-1-3-5-16/h1-9,17H,10-15H2,(H,23,27)(H,24,26)/t17-/m1/s1. The average molecular weight is 369 g/mol. The molecule has 1 aliphatic rings. The zero-order chi connectivity index (χ0) is 19.1. The summed E-state index contributed by atoms with van der Waals surface area (Å²) in [6, 6.07) is 15.9. The molecule has 27 heavy (non-hydrogen) atoms. The molecule has 1 fully saturated rings. The number of anilines is 1. The van der Waals surface area contributed by atoms with Crippen molar-refractivity contribution in [3.63, 3.8) is 0 Å². The van der Waals surface area contributed by atoms with Crippen molar-refractivity contribution >= 4 is 17.5 Å². The second-order valence-electron chi connectivity index (χ2n) is 6.82. The molecule has 3 rings (SSSR count). The molecule has 1 atom stereocenters. The molecular formula is C21H24FN3O2. The SMILES string of the molecule is O=C(CNC(=O)Cc1ccccc1)NC[C@H]1CCN(c2ccc(F)cc2)C1. The van der Waals surface area contributed by atoms with Gasteiger partial charge in [-0.3, -0.25) is 9.59 Å². The topological polar surface area (TPSA) is 61.4 Å². The Hall–Kier alpha value is -2.89. The highest BCUT2D eigenvalue weighted by molar-refractivity contribution is 5.85. The molecule has 0 saturated carbocycles. The van der Waals surface area contributed by atoms with Crippen LogP contribution in [0.1, 0.15) is 12.0 Å². The lowest BCUT2D eigenvalue weighted by Gasteiger charge is -2.18. The number of nitrogens with one attached hydrogen (secondary N) is 2. The molecule has 5 nitrogen and oxygen atoms in total. The van der Waals surface area contributed by atoms with Gasteiger partial charge in [0.1, 0.15) is 5.82 Å². The van der Waals surface area contributed by atoms with Crippen LogP contribution in [0.4, 0.5) is 10.1 Å². The largest absolute Gasteiger partial charge is 0.371 e. The second kappa shape index (κ2) is 9.16. The van der Waals surface area contributed by atoms with E-state index >= 15 is 0 Å². The molecule has 0 bridgehead atoms. The van der Waals surface area contributed by atoms with E-state index in [0.717, 1.165) is 30.8 Å². The number of hydrogen-bond donors (Lipinski definition) is 2. The maximum absolute atomic E-state index is 13.0. The Bertz CT molecular complexity index is 765. The van der Waals surface area contributed by atoms with Crippen LogP contribution in [0.2, 0.25) is 0 Å². The zero-order valence-electron chi connectivity index (χ0n) is 15.2. The smallest absolute Gasteiger partial charge is 0.239 e. The van der Waals surface area contributed by atoms with Gasteiger partial charge in [0.25, 0.3) is 0 Å². The van der Waals surface area contributed by atoms with Crippen molar-refractivity contribution in [3.05, 3.63) is 66.0 Å². The molecule has 0 spiro atoms. The molecule has 0 unspecified atom stereocenters. The van der Waals surface area contributed by atoms with Gasteiger partial charge in [-0.15, -0.1) is 0 Å². The van der Waals surface area contributed by atoms with E-state index in [0.29, 0.717) is 12.5 Å². The van der Waals surface area contributed by atoms with Crippen LogP contribution in [-0.2, 0) is 16.0 Å². The number of hydrogen-bond acceptors (Lipinski definition) is 3. The van der Waals surface area contributed by atoms with E-state index in [9.17, 15) is 14.0 Å². The number of nitrogens with zero attached hydrogens (tertiary/aromatic N) is 1. The van der Waals surface area contributed by atoms with Crippen molar-refractivity contribution in [2.45, 2.75) is 12.8 Å². The monoisotopic (exact) mass is 369 g/mol. The molecule has 2 N–H and O–H groups in total. The van der Waals surface area contributed by atoms with Crippen LogP contribution in [0.3, 0.4) is 0 Å². The van der Waals surface area contributed by atoms with E-state index in [1.54, 1.807) is 12.1 Å². The molecule has 2 aromatic carbocycles. The van der Waals surface area contributed by atoms with E-state index in [1.165, 1.54) is 12.1 Å². The molecule has 0 aliphatic carbocycles. The first-order valence-corrected chi connectivity index (χ1v) is 9.18. The van der Waals surface area contributed by atoms with E-state index < -0.39 is 0 Å². The third-order valence-electron chi connectivity index (χ3n) is 4.72. The van der Waals surface area contributed by atoms with Crippen LogP contribution in [0.25, 0.3) is 0 Å². The third-order valence-corrected chi connectivity index (χ3v) is 4.72. The van der Waals surface area contributed by atoms with Crippen molar-refractivity contribution in [3.8, 4) is 0 Å². The fraction of sp³-hybridized carbons (Fsp3) is 0.333. The van der Waals surface area contributed by atoms with E-state index in [4.69, 9.17) is 0 Å². The summed E-state index contributed by atoms with van der Waals surface area (Å²) in [7, 11) is 0. The Balaban J connectivity index is 1.34. The molecule has 1 aliphatic heterocycles. The Morgan fingerprint density at radius 3 is 2.48 bits per heavy atom. The fourth-order valence-electron chi connectivity index (χ4n) is 3.23. The molecule has 0 radical (unpaired) electrons. The van der Waals surface area contributed by atoms with Gasteiger partial charge in [-0.05, 0) is 42.2 Å².